The summed E-state index contributed by atoms with van der Waals surface area (Å²) >= 11 is 0. The van der Waals surface area contributed by atoms with Gasteiger partial charge in [-0.05, 0) is 62.3 Å². The van der Waals surface area contributed by atoms with Gasteiger partial charge >= 0.3 is 11.9 Å². The number of benzene rings is 1. The van der Waals surface area contributed by atoms with Crippen LogP contribution in [-0.4, -0.2) is 75.7 Å². The largest absolute Gasteiger partial charge is 0.508 e. The molecule has 0 aliphatic carbocycles. The molecule has 0 aromatic heterocycles. The fourth-order valence-electron chi connectivity index (χ4n) is 3.80. The van der Waals surface area contributed by atoms with Gasteiger partial charge in [-0.1, -0.05) is 26.0 Å². The molecular weight excluding hydrogens is 510 g/mol. The van der Waals surface area contributed by atoms with E-state index in [-0.39, 0.29) is 30.9 Å². The summed E-state index contributed by atoms with van der Waals surface area (Å²) in [5.74, 6) is -4.59. The average molecular weight is 552 g/mol. The van der Waals surface area contributed by atoms with Crippen molar-refractivity contribution in [3.05, 3.63) is 29.8 Å². The van der Waals surface area contributed by atoms with E-state index in [1.165, 1.54) is 24.3 Å². The van der Waals surface area contributed by atoms with E-state index in [0.717, 1.165) is 0 Å². The summed E-state index contributed by atoms with van der Waals surface area (Å²) < 4.78 is 0. The first-order valence-corrected chi connectivity index (χ1v) is 12.9. The third-order valence-corrected chi connectivity index (χ3v) is 5.91. The van der Waals surface area contributed by atoms with Crippen molar-refractivity contribution in [1.29, 1.82) is 0 Å². The molecule has 13 heteroatoms. The molecule has 0 saturated carbocycles. The van der Waals surface area contributed by atoms with Crippen molar-refractivity contribution < 1.29 is 39.3 Å². The topological polar surface area (TPSA) is 234 Å². The Morgan fingerprint density at radius 3 is 1.92 bits per heavy atom. The minimum atomic E-state index is -1.30. The highest BCUT2D eigenvalue weighted by atomic mass is 16.4. The first-order chi connectivity index (χ1) is 18.3. The van der Waals surface area contributed by atoms with E-state index in [0.29, 0.717) is 31.4 Å². The van der Waals surface area contributed by atoms with Gasteiger partial charge in [0.25, 0.3) is 0 Å². The van der Waals surface area contributed by atoms with Gasteiger partial charge < -0.3 is 42.7 Å². The van der Waals surface area contributed by atoms with Crippen LogP contribution in [0.25, 0.3) is 0 Å². The number of hydrogen-bond donors (Lipinski definition) is 8. The zero-order valence-electron chi connectivity index (χ0n) is 22.4. The van der Waals surface area contributed by atoms with Crippen molar-refractivity contribution in [2.75, 3.05) is 6.54 Å². The molecule has 218 valence electrons. The zero-order valence-corrected chi connectivity index (χ0v) is 22.4. The van der Waals surface area contributed by atoms with E-state index in [1.807, 2.05) is 13.8 Å². The number of carbonyl (C=O) groups is 5. The SMILES string of the molecule is CC(C)CC(N)C(=O)NC(CCC(=O)O)C(=O)NC(Cc1ccc(O)cc1)C(=O)NC(CCCCN)C(=O)O. The fourth-order valence-corrected chi connectivity index (χ4v) is 3.80. The third-order valence-electron chi connectivity index (χ3n) is 5.91. The van der Waals surface area contributed by atoms with Gasteiger partial charge in [0.1, 0.15) is 23.9 Å². The lowest BCUT2D eigenvalue weighted by atomic mass is 10.0. The molecule has 10 N–H and O–H groups in total. The van der Waals surface area contributed by atoms with Gasteiger partial charge in [0.2, 0.25) is 17.7 Å². The van der Waals surface area contributed by atoms with Gasteiger partial charge in [0.05, 0.1) is 6.04 Å². The minimum Gasteiger partial charge on any atom is -0.508 e. The number of rotatable bonds is 18. The number of hydrogen-bond acceptors (Lipinski definition) is 8. The maximum atomic E-state index is 13.2. The maximum absolute atomic E-state index is 13.2. The molecule has 4 atom stereocenters. The number of aromatic hydroxyl groups is 1. The van der Waals surface area contributed by atoms with Crippen LogP contribution >= 0.6 is 0 Å². The second kappa shape index (κ2) is 17.0. The molecule has 3 amide bonds. The summed E-state index contributed by atoms with van der Waals surface area (Å²) in [6, 6.07) is 1.13. The molecule has 0 heterocycles. The van der Waals surface area contributed by atoms with E-state index in [2.05, 4.69) is 16.0 Å². The maximum Gasteiger partial charge on any atom is 0.326 e. The molecule has 0 spiro atoms. The summed E-state index contributed by atoms with van der Waals surface area (Å²) in [5, 5.41) is 35.7. The van der Waals surface area contributed by atoms with E-state index >= 15 is 0 Å². The Kier molecular flexibility index (Phi) is 14.5. The number of nitrogens with one attached hydrogen (secondary N) is 3. The molecular formula is C26H41N5O8. The van der Waals surface area contributed by atoms with Crippen LogP contribution in [0.1, 0.15) is 57.9 Å². The Bertz CT molecular complexity index is 970. The van der Waals surface area contributed by atoms with Gasteiger partial charge in [-0.2, -0.15) is 0 Å². The molecule has 4 unspecified atom stereocenters. The summed E-state index contributed by atoms with van der Waals surface area (Å²) in [6.07, 6.45) is 0.731. The number of aliphatic carboxylic acids is 2. The number of unbranched alkanes of at least 4 members (excludes halogenated alkanes) is 1. The highest BCUT2D eigenvalue weighted by Gasteiger charge is 2.31. The molecule has 1 aromatic rings. The van der Waals surface area contributed by atoms with Crippen LogP contribution in [0.15, 0.2) is 24.3 Å². The van der Waals surface area contributed by atoms with Crippen LogP contribution in [0.3, 0.4) is 0 Å². The number of amides is 3. The number of carboxylic acids is 2. The highest BCUT2D eigenvalue weighted by molar-refractivity contribution is 5.94. The van der Waals surface area contributed by atoms with Crippen LogP contribution in [-0.2, 0) is 30.4 Å². The van der Waals surface area contributed by atoms with Crippen LogP contribution < -0.4 is 27.4 Å². The number of phenolic OH excluding ortho intramolecular Hbond substituents is 1. The Labute approximate surface area is 227 Å². The molecule has 39 heavy (non-hydrogen) atoms. The monoisotopic (exact) mass is 551 g/mol. The molecule has 0 radical (unpaired) electrons. The molecule has 0 aliphatic heterocycles. The first kappa shape index (κ1) is 33.3. The van der Waals surface area contributed by atoms with E-state index in [1.54, 1.807) is 0 Å². The van der Waals surface area contributed by atoms with E-state index < -0.39 is 60.2 Å². The molecule has 1 rings (SSSR count). The molecule has 0 bridgehead atoms. The minimum absolute atomic E-state index is 0.0104. The Balaban J connectivity index is 3.16. The highest BCUT2D eigenvalue weighted by Crippen LogP contribution is 2.13. The molecule has 1 aromatic carbocycles. The number of carboxylic acid groups (broad SMARTS) is 2. The lowest BCUT2D eigenvalue weighted by Gasteiger charge is -2.25. The van der Waals surface area contributed by atoms with Crippen molar-refractivity contribution in [3.8, 4) is 5.75 Å². The average Bonchev–Trinajstić information content (AvgIpc) is 2.85. The lowest BCUT2D eigenvalue weighted by molar-refractivity contribution is -0.142. The van der Waals surface area contributed by atoms with Crippen LogP contribution in [0.2, 0.25) is 0 Å². The smallest absolute Gasteiger partial charge is 0.326 e. The predicted octanol–water partition coefficient (Wildman–Crippen LogP) is -0.159. The third kappa shape index (κ3) is 13.1. The zero-order chi connectivity index (χ0) is 29.5. The second-order valence-electron chi connectivity index (χ2n) is 9.85. The van der Waals surface area contributed by atoms with E-state index in [9.17, 15) is 34.2 Å². The molecule has 0 aliphatic rings. The van der Waals surface area contributed by atoms with Gasteiger partial charge in [0.15, 0.2) is 0 Å². The van der Waals surface area contributed by atoms with Crippen LogP contribution in [0.4, 0.5) is 0 Å². The molecule has 13 nitrogen and oxygen atoms in total. The number of nitrogens with two attached hydrogens (primary N) is 2. The Morgan fingerprint density at radius 2 is 1.38 bits per heavy atom. The van der Waals surface area contributed by atoms with Crippen LogP contribution in [0, 0.1) is 5.92 Å². The van der Waals surface area contributed by atoms with Crippen molar-refractivity contribution in [2.45, 2.75) is 83.0 Å². The van der Waals surface area contributed by atoms with Crippen molar-refractivity contribution in [2.24, 2.45) is 17.4 Å². The quantitative estimate of drug-likeness (QED) is 0.112. The van der Waals surface area contributed by atoms with Crippen LogP contribution in [0.5, 0.6) is 5.75 Å². The molecule has 0 fully saturated rings. The second-order valence-corrected chi connectivity index (χ2v) is 9.85. The van der Waals surface area contributed by atoms with Gasteiger partial charge in [-0.3, -0.25) is 19.2 Å². The summed E-state index contributed by atoms with van der Waals surface area (Å²) in [7, 11) is 0. The summed E-state index contributed by atoms with van der Waals surface area (Å²) in [6.45, 7) is 4.10. The number of carbonyl (C=O) groups excluding carboxylic acids is 3. The summed E-state index contributed by atoms with van der Waals surface area (Å²) in [5.41, 5.74) is 11.9. The molecule has 0 saturated heterocycles. The predicted molar refractivity (Wildman–Crippen MR) is 142 cm³/mol. The number of phenols is 1. The first-order valence-electron chi connectivity index (χ1n) is 12.9. The Hall–Kier alpha value is -3.71. The fraction of sp³-hybridized carbons (Fsp3) is 0.577. The Morgan fingerprint density at radius 1 is 0.821 bits per heavy atom. The van der Waals surface area contributed by atoms with Crippen molar-refractivity contribution in [1.82, 2.24) is 16.0 Å². The van der Waals surface area contributed by atoms with Gasteiger partial charge in [0, 0.05) is 12.8 Å². The van der Waals surface area contributed by atoms with Gasteiger partial charge in [-0.25, -0.2) is 4.79 Å². The standard InChI is InChI=1S/C26H41N5O8/c1-15(2)13-18(28)23(35)29-19(10-11-22(33)34)24(36)31-21(14-16-6-8-17(32)9-7-16)25(37)30-20(26(38)39)5-3-4-12-27/h6-9,15,18-21,32H,3-5,10-14,27-28H2,1-2H3,(H,29,35)(H,30,37)(H,31,36)(H,33,34)(H,38,39). The van der Waals surface area contributed by atoms with E-state index in [4.69, 9.17) is 16.6 Å². The van der Waals surface area contributed by atoms with Crippen molar-refractivity contribution >= 4 is 29.7 Å². The van der Waals surface area contributed by atoms with Gasteiger partial charge in [-0.15, -0.1) is 0 Å². The van der Waals surface area contributed by atoms with Crippen molar-refractivity contribution in [3.63, 3.8) is 0 Å². The summed E-state index contributed by atoms with van der Waals surface area (Å²) in [4.78, 5) is 61.9. The normalized spacial score (nSPS) is 14.1. The lowest BCUT2D eigenvalue weighted by Crippen LogP contribution is -2.57.